The van der Waals surface area contributed by atoms with Crippen LogP contribution >= 0.6 is 15.9 Å². The first-order chi connectivity index (χ1) is 8.40. The summed E-state index contributed by atoms with van der Waals surface area (Å²) in [6.07, 6.45) is 0. The van der Waals surface area contributed by atoms with Crippen molar-refractivity contribution >= 4 is 31.9 Å². The average Bonchev–Trinajstić information content (AvgIpc) is 2.67. The Morgan fingerprint density at radius 3 is 2.67 bits per heavy atom. The van der Waals surface area contributed by atoms with Gasteiger partial charge in [0.25, 0.3) is 16.0 Å². The van der Waals surface area contributed by atoms with Crippen molar-refractivity contribution in [1.82, 2.24) is 10.1 Å². The minimum absolute atomic E-state index is 0.0825. The second kappa shape index (κ2) is 4.69. The van der Waals surface area contributed by atoms with E-state index in [-0.39, 0.29) is 16.7 Å². The maximum Gasteiger partial charge on any atom is 0.277 e. The molecule has 1 N–H and O–H groups in total. The molecular formula is C10H10BrN3O3S. The van der Waals surface area contributed by atoms with E-state index in [1.54, 1.807) is 13.0 Å². The lowest BCUT2D eigenvalue weighted by Gasteiger charge is -2.07. The molecule has 0 aliphatic rings. The standard InChI is InChI=1S/C10H10BrN3O3S/c1-6-4-3-5-8(9(6)11)18(15,16)14-10-12-7(2)17-13-10/h3-5H,1-2H3,(H,13,14). The van der Waals surface area contributed by atoms with Gasteiger partial charge in [-0.25, -0.2) is 13.1 Å². The summed E-state index contributed by atoms with van der Waals surface area (Å²) in [6.45, 7) is 3.38. The third kappa shape index (κ3) is 2.54. The zero-order chi connectivity index (χ0) is 13.3. The van der Waals surface area contributed by atoms with Gasteiger partial charge in [-0.15, -0.1) is 0 Å². The minimum atomic E-state index is -3.74. The highest BCUT2D eigenvalue weighted by molar-refractivity contribution is 9.10. The van der Waals surface area contributed by atoms with Crippen molar-refractivity contribution in [3.63, 3.8) is 0 Å². The van der Waals surface area contributed by atoms with Gasteiger partial charge in [-0.1, -0.05) is 12.1 Å². The largest absolute Gasteiger partial charge is 0.338 e. The van der Waals surface area contributed by atoms with E-state index in [4.69, 9.17) is 4.52 Å². The van der Waals surface area contributed by atoms with Crippen LogP contribution in [0.3, 0.4) is 0 Å². The zero-order valence-electron chi connectivity index (χ0n) is 9.64. The summed E-state index contributed by atoms with van der Waals surface area (Å²) >= 11 is 3.25. The molecule has 1 aromatic carbocycles. The Morgan fingerprint density at radius 1 is 1.33 bits per heavy atom. The molecule has 0 aliphatic heterocycles. The molecule has 0 spiro atoms. The predicted octanol–water partition coefficient (Wildman–Crippen LogP) is 2.25. The van der Waals surface area contributed by atoms with Gasteiger partial charge in [0, 0.05) is 11.4 Å². The van der Waals surface area contributed by atoms with Crippen LogP contribution in [0.25, 0.3) is 0 Å². The highest BCUT2D eigenvalue weighted by Crippen LogP contribution is 2.26. The van der Waals surface area contributed by atoms with Crippen LogP contribution in [0.1, 0.15) is 11.5 Å². The number of halogens is 1. The molecule has 0 saturated carbocycles. The van der Waals surface area contributed by atoms with E-state index >= 15 is 0 Å². The monoisotopic (exact) mass is 331 g/mol. The van der Waals surface area contributed by atoms with Gasteiger partial charge in [0.05, 0.1) is 0 Å². The van der Waals surface area contributed by atoms with Crippen molar-refractivity contribution in [2.75, 3.05) is 4.72 Å². The van der Waals surface area contributed by atoms with Gasteiger partial charge in [-0.05, 0) is 39.6 Å². The van der Waals surface area contributed by atoms with Crippen molar-refractivity contribution in [3.05, 3.63) is 34.1 Å². The van der Waals surface area contributed by atoms with Crippen LogP contribution in [0.5, 0.6) is 0 Å². The number of rotatable bonds is 3. The first-order valence-electron chi connectivity index (χ1n) is 4.98. The molecule has 0 unspecified atom stereocenters. The molecule has 0 bridgehead atoms. The number of anilines is 1. The molecule has 0 amide bonds. The molecule has 2 rings (SSSR count). The number of sulfonamides is 1. The molecule has 1 aromatic heterocycles. The van der Waals surface area contributed by atoms with Gasteiger partial charge in [0.1, 0.15) is 4.90 Å². The number of hydrogen-bond acceptors (Lipinski definition) is 5. The van der Waals surface area contributed by atoms with Crippen molar-refractivity contribution in [2.24, 2.45) is 0 Å². The second-order valence-corrected chi connectivity index (χ2v) is 6.07. The Hall–Kier alpha value is -1.41. The number of nitrogens with zero attached hydrogens (tertiary/aromatic N) is 2. The maximum atomic E-state index is 12.1. The average molecular weight is 332 g/mol. The molecule has 8 heteroatoms. The minimum Gasteiger partial charge on any atom is -0.338 e. The summed E-state index contributed by atoms with van der Waals surface area (Å²) in [6, 6.07) is 4.96. The van der Waals surface area contributed by atoms with Crippen LogP contribution < -0.4 is 4.72 Å². The van der Waals surface area contributed by atoms with E-state index in [0.717, 1.165) is 5.56 Å². The highest BCUT2D eigenvalue weighted by Gasteiger charge is 2.20. The van der Waals surface area contributed by atoms with Crippen LogP contribution in [0.4, 0.5) is 5.95 Å². The summed E-state index contributed by atoms with van der Waals surface area (Å²) in [5.74, 6) is 0.205. The predicted molar refractivity (Wildman–Crippen MR) is 68.7 cm³/mol. The van der Waals surface area contributed by atoms with E-state index in [1.807, 2.05) is 13.0 Å². The quantitative estimate of drug-likeness (QED) is 0.932. The van der Waals surface area contributed by atoms with E-state index in [9.17, 15) is 8.42 Å². The lowest BCUT2D eigenvalue weighted by Crippen LogP contribution is -2.14. The van der Waals surface area contributed by atoms with Gasteiger partial charge in [0.15, 0.2) is 0 Å². The summed E-state index contributed by atoms with van der Waals surface area (Å²) in [7, 11) is -3.74. The summed E-state index contributed by atoms with van der Waals surface area (Å²) in [5.41, 5.74) is 0.821. The van der Waals surface area contributed by atoms with Crippen molar-refractivity contribution in [2.45, 2.75) is 18.7 Å². The topological polar surface area (TPSA) is 85.1 Å². The summed E-state index contributed by atoms with van der Waals surface area (Å²) in [4.78, 5) is 3.92. The van der Waals surface area contributed by atoms with Crippen LogP contribution in [-0.4, -0.2) is 18.6 Å². The van der Waals surface area contributed by atoms with Gasteiger partial charge in [-0.2, -0.15) is 4.98 Å². The summed E-state index contributed by atoms with van der Waals surface area (Å²) < 4.78 is 31.7. The van der Waals surface area contributed by atoms with Gasteiger partial charge >= 0.3 is 0 Å². The Morgan fingerprint density at radius 2 is 2.06 bits per heavy atom. The lowest BCUT2D eigenvalue weighted by molar-refractivity contribution is 0.395. The third-order valence-electron chi connectivity index (χ3n) is 2.20. The number of benzene rings is 1. The first-order valence-corrected chi connectivity index (χ1v) is 7.26. The Kier molecular flexibility index (Phi) is 3.40. The lowest BCUT2D eigenvalue weighted by atomic mass is 10.2. The molecule has 96 valence electrons. The smallest absolute Gasteiger partial charge is 0.277 e. The van der Waals surface area contributed by atoms with Gasteiger partial charge in [0.2, 0.25) is 5.89 Å². The fraction of sp³-hybridized carbons (Fsp3) is 0.200. The second-order valence-electron chi connectivity index (χ2n) is 3.63. The summed E-state index contributed by atoms with van der Waals surface area (Å²) in [5, 5.41) is 3.49. The molecule has 2 aromatic rings. The number of hydrogen-bond donors (Lipinski definition) is 1. The highest BCUT2D eigenvalue weighted by atomic mass is 79.9. The third-order valence-corrected chi connectivity index (χ3v) is 4.88. The molecule has 1 heterocycles. The van der Waals surface area contributed by atoms with E-state index in [0.29, 0.717) is 4.47 Å². The molecule has 18 heavy (non-hydrogen) atoms. The van der Waals surface area contributed by atoms with Gasteiger partial charge < -0.3 is 4.52 Å². The fourth-order valence-corrected chi connectivity index (χ4v) is 3.34. The number of aryl methyl sites for hydroxylation is 2. The Balaban J connectivity index is 2.40. The zero-order valence-corrected chi connectivity index (χ0v) is 12.0. The maximum absolute atomic E-state index is 12.1. The van der Waals surface area contributed by atoms with E-state index < -0.39 is 10.0 Å². The van der Waals surface area contributed by atoms with Crippen molar-refractivity contribution in [1.29, 1.82) is 0 Å². The molecule has 6 nitrogen and oxygen atoms in total. The van der Waals surface area contributed by atoms with Gasteiger partial charge in [-0.3, -0.25) is 0 Å². The van der Waals surface area contributed by atoms with E-state index in [2.05, 4.69) is 30.8 Å². The van der Waals surface area contributed by atoms with Crippen LogP contribution in [-0.2, 0) is 10.0 Å². The van der Waals surface area contributed by atoms with E-state index in [1.165, 1.54) is 6.07 Å². The van der Waals surface area contributed by atoms with Crippen LogP contribution in [0.2, 0.25) is 0 Å². The Bertz CT molecular complexity index is 681. The molecular weight excluding hydrogens is 322 g/mol. The fourth-order valence-electron chi connectivity index (χ4n) is 1.34. The molecule has 0 saturated heterocycles. The molecule has 0 atom stereocenters. The Labute approximate surface area is 113 Å². The number of aromatic nitrogens is 2. The SMILES string of the molecule is Cc1nc(NS(=O)(=O)c2cccc(C)c2Br)no1. The molecule has 0 radical (unpaired) electrons. The van der Waals surface area contributed by atoms with Crippen molar-refractivity contribution in [3.8, 4) is 0 Å². The molecule has 0 fully saturated rings. The normalized spacial score (nSPS) is 11.5. The number of nitrogens with one attached hydrogen (secondary N) is 1. The van der Waals surface area contributed by atoms with Crippen molar-refractivity contribution < 1.29 is 12.9 Å². The van der Waals surface area contributed by atoms with Crippen LogP contribution in [0.15, 0.2) is 32.1 Å². The molecule has 0 aliphatic carbocycles. The first kappa shape index (κ1) is 13.0. The van der Waals surface area contributed by atoms with Crippen LogP contribution in [0, 0.1) is 13.8 Å².